The molecule has 0 aromatic heterocycles. The zero-order valence-electron chi connectivity index (χ0n) is 13.5. The van der Waals surface area contributed by atoms with Gasteiger partial charge in [-0.25, -0.2) is 0 Å². The standard InChI is InChI=1S/C17H26N2O3/c1-14-6-5-10-19(12-14)13-17(20)18-9-11-22-16-8-4-3-7-15(16)21-2/h3-4,7-8,14H,5-6,9-13H2,1-2H3,(H,18,20)/t14-/m1/s1. The van der Waals surface area contributed by atoms with Crippen LogP contribution in [0.1, 0.15) is 19.8 Å². The average molecular weight is 306 g/mol. The van der Waals surface area contributed by atoms with Crippen LogP contribution in [0.2, 0.25) is 0 Å². The minimum absolute atomic E-state index is 0.0673. The van der Waals surface area contributed by atoms with Crippen molar-refractivity contribution in [1.82, 2.24) is 10.2 Å². The highest BCUT2D eigenvalue weighted by molar-refractivity contribution is 5.78. The van der Waals surface area contributed by atoms with Crippen LogP contribution in [0.25, 0.3) is 0 Å². The van der Waals surface area contributed by atoms with Crippen molar-refractivity contribution >= 4 is 5.91 Å². The van der Waals surface area contributed by atoms with Crippen LogP contribution in [0, 0.1) is 5.92 Å². The highest BCUT2D eigenvalue weighted by Gasteiger charge is 2.18. The summed E-state index contributed by atoms with van der Waals surface area (Å²) in [4.78, 5) is 14.1. The van der Waals surface area contributed by atoms with Crippen LogP contribution >= 0.6 is 0 Å². The lowest BCUT2D eigenvalue weighted by Crippen LogP contribution is -2.42. The zero-order valence-corrected chi connectivity index (χ0v) is 13.5. The largest absolute Gasteiger partial charge is 0.493 e. The lowest BCUT2D eigenvalue weighted by Gasteiger charge is -2.30. The molecule has 0 spiro atoms. The van der Waals surface area contributed by atoms with Crippen molar-refractivity contribution in [3.63, 3.8) is 0 Å². The molecule has 0 radical (unpaired) electrons. The summed E-state index contributed by atoms with van der Waals surface area (Å²) in [7, 11) is 1.61. The van der Waals surface area contributed by atoms with E-state index in [9.17, 15) is 4.79 Å². The Morgan fingerprint density at radius 2 is 2.14 bits per heavy atom. The number of benzene rings is 1. The van der Waals surface area contributed by atoms with E-state index in [1.54, 1.807) is 7.11 Å². The number of rotatable bonds is 7. The first-order valence-corrected chi connectivity index (χ1v) is 7.94. The molecule has 1 aromatic rings. The van der Waals surface area contributed by atoms with Crippen molar-refractivity contribution < 1.29 is 14.3 Å². The number of methoxy groups -OCH3 is 1. The third-order valence-corrected chi connectivity index (χ3v) is 3.86. The number of nitrogens with one attached hydrogen (secondary N) is 1. The summed E-state index contributed by atoms with van der Waals surface area (Å²) in [5.41, 5.74) is 0. The molecule has 1 N–H and O–H groups in total. The van der Waals surface area contributed by atoms with Gasteiger partial charge in [0.2, 0.25) is 5.91 Å². The van der Waals surface area contributed by atoms with Gasteiger partial charge in [-0.15, -0.1) is 0 Å². The summed E-state index contributed by atoms with van der Waals surface area (Å²) in [6, 6.07) is 7.50. The van der Waals surface area contributed by atoms with Crippen molar-refractivity contribution in [2.45, 2.75) is 19.8 Å². The second-order valence-electron chi connectivity index (χ2n) is 5.83. The molecule has 1 saturated heterocycles. The fourth-order valence-corrected chi connectivity index (χ4v) is 2.78. The van der Waals surface area contributed by atoms with Crippen LogP contribution in [-0.2, 0) is 4.79 Å². The van der Waals surface area contributed by atoms with Crippen molar-refractivity contribution in [2.75, 3.05) is 39.9 Å². The molecule has 0 unspecified atom stereocenters. The number of nitrogens with zero attached hydrogens (tertiary/aromatic N) is 1. The Labute approximate surface area is 132 Å². The third-order valence-electron chi connectivity index (χ3n) is 3.86. The third kappa shape index (κ3) is 5.22. The fourth-order valence-electron chi connectivity index (χ4n) is 2.78. The maximum Gasteiger partial charge on any atom is 0.234 e. The van der Waals surface area contributed by atoms with Crippen LogP contribution in [0.5, 0.6) is 11.5 Å². The van der Waals surface area contributed by atoms with Gasteiger partial charge in [0.05, 0.1) is 20.2 Å². The first-order chi connectivity index (χ1) is 10.7. The Bertz CT molecular complexity index is 479. The van der Waals surface area contributed by atoms with Gasteiger partial charge >= 0.3 is 0 Å². The number of para-hydroxylation sites is 2. The second kappa shape index (κ2) is 8.63. The minimum Gasteiger partial charge on any atom is -0.493 e. The van der Waals surface area contributed by atoms with Gasteiger partial charge in [0.25, 0.3) is 0 Å². The number of likely N-dealkylation sites (tertiary alicyclic amines) is 1. The summed E-state index contributed by atoms with van der Waals surface area (Å²) in [6.07, 6.45) is 2.45. The van der Waals surface area contributed by atoms with E-state index in [1.807, 2.05) is 24.3 Å². The molecule has 1 heterocycles. The van der Waals surface area contributed by atoms with Gasteiger partial charge < -0.3 is 14.8 Å². The summed E-state index contributed by atoms with van der Waals surface area (Å²) in [6.45, 7) is 5.70. The lowest BCUT2D eigenvalue weighted by molar-refractivity contribution is -0.122. The molecule has 0 saturated carbocycles. The van der Waals surface area contributed by atoms with Gasteiger partial charge in [-0.05, 0) is 37.4 Å². The predicted octanol–water partition coefficient (Wildman–Crippen LogP) is 1.92. The maximum atomic E-state index is 11.9. The van der Waals surface area contributed by atoms with Crippen LogP contribution in [0.3, 0.4) is 0 Å². The van der Waals surface area contributed by atoms with E-state index in [1.165, 1.54) is 12.8 Å². The van der Waals surface area contributed by atoms with E-state index in [0.29, 0.717) is 37.1 Å². The van der Waals surface area contributed by atoms with Crippen molar-refractivity contribution in [2.24, 2.45) is 5.92 Å². The molecule has 122 valence electrons. The van der Waals surface area contributed by atoms with Gasteiger partial charge in [0.1, 0.15) is 6.61 Å². The molecule has 0 aliphatic carbocycles. The second-order valence-corrected chi connectivity index (χ2v) is 5.83. The Balaban J connectivity index is 1.64. The van der Waals surface area contributed by atoms with Crippen LogP contribution in [0.4, 0.5) is 0 Å². The Morgan fingerprint density at radius 3 is 2.86 bits per heavy atom. The maximum absolute atomic E-state index is 11.9. The van der Waals surface area contributed by atoms with E-state index in [4.69, 9.17) is 9.47 Å². The average Bonchev–Trinajstić information content (AvgIpc) is 2.52. The Kier molecular flexibility index (Phi) is 6.52. The fraction of sp³-hybridized carbons (Fsp3) is 0.588. The Hall–Kier alpha value is -1.75. The molecule has 5 nitrogen and oxygen atoms in total. The molecule has 1 aliphatic rings. The highest BCUT2D eigenvalue weighted by atomic mass is 16.5. The zero-order chi connectivity index (χ0) is 15.8. The lowest BCUT2D eigenvalue weighted by atomic mass is 10.0. The molecule has 22 heavy (non-hydrogen) atoms. The SMILES string of the molecule is COc1ccccc1OCCNC(=O)CN1CCC[C@@H](C)C1. The van der Waals surface area contributed by atoms with Gasteiger partial charge in [-0.1, -0.05) is 19.1 Å². The molecule has 1 fully saturated rings. The van der Waals surface area contributed by atoms with Crippen molar-refractivity contribution in [3.05, 3.63) is 24.3 Å². The number of piperidine rings is 1. The van der Waals surface area contributed by atoms with E-state index in [0.717, 1.165) is 13.1 Å². The van der Waals surface area contributed by atoms with Gasteiger partial charge in [-0.2, -0.15) is 0 Å². The summed E-state index contributed by atoms with van der Waals surface area (Å²) in [5.74, 6) is 2.16. The van der Waals surface area contributed by atoms with E-state index in [2.05, 4.69) is 17.1 Å². The molecule has 0 bridgehead atoms. The predicted molar refractivity (Wildman–Crippen MR) is 86.3 cm³/mol. The molecule has 1 aliphatic heterocycles. The van der Waals surface area contributed by atoms with Crippen LogP contribution < -0.4 is 14.8 Å². The molecule has 1 atom stereocenters. The molecular formula is C17H26N2O3. The van der Waals surface area contributed by atoms with E-state index >= 15 is 0 Å². The molecule has 2 rings (SSSR count). The summed E-state index contributed by atoms with van der Waals surface area (Å²) in [5, 5.41) is 2.91. The Morgan fingerprint density at radius 1 is 1.36 bits per heavy atom. The number of ether oxygens (including phenoxy) is 2. The van der Waals surface area contributed by atoms with Crippen molar-refractivity contribution in [1.29, 1.82) is 0 Å². The minimum atomic E-state index is 0.0673. The first kappa shape index (κ1) is 16.6. The van der Waals surface area contributed by atoms with E-state index < -0.39 is 0 Å². The van der Waals surface area contributed by atoms with Gasteiger partial charge in [-0.3, -0.25) is 9.69 Å². The topological polar surface area (TPSA) is 50.8 Å². The quantitative estimate of drug-likeness (QED) is 0.782. The number of amides is 1. The smallest absolute Gasteiger partial charge is 0.234 e. The number of hydrogen-bond acceptors (Lipinski definition) is 4. The molecule has 1 aromatic carbocycles. The number of carbonyl (C=O) groups is 1. The molecule has 5 heteroatoms. The van der Waals surface area contributed by atoms with Gasteiger partial charge in [0.15, 0.2) is 11.5 Å². The highest BCUT2D eigenvalue weighted by Crippen LogP contribution is 2.25. The summed E-state index contributed by atoms with van der Waals surface area (Å²) < 4.78 is 10.8. The monoisotopic (exact) mass is 306 g/mol. The number of hydrogen-bond donors (Lipinski definition) is 1. The normalized spacial score (nSPS) is 18.7. The first-order valence-electron chi connectivity index (χ1n) is 7.94. The van der Waals surface area contributed by atoms with Crippen molar-refractivity contribution in [3.8, 4) is 11.5 Å². The van der Waals surface area contributed by atoms with E-state index in [-0.39, 0.29) is 5.91 Å². The summed E-state index contributed by atoms with van der Waals surface area (Å²) >= 11 is 0. The number of carbonyl (C=O) groups excluding carboxylic acids is 1. The van der Waals surface area contributed by atoms with Gasteiger partial charge in [0, 0.05) is 6.54 Å². The molecule has 1 amide bonds. The van der Waals surface area contributed by atoms with Crippen LogP contribution in [-0.4, -0.2) is 50.7 Å². The molecular weight excluding hydrogens is 280 g/mol. The van der Waals surface area contributed by atoms with Crippen LogP contribution in [0.15, 0.2) is 24.3 Å².